The van der Waals surface area contributed by atoms with Crippen molar-refractivity contribution in [2.24, 2.45) is 5.92 Å². The summed E-state index contributed by atoms with van der Waals surface area (Å²) < 4.78 is 17.9. The molecule has 0 radical (unpaired) electrons. The molecule has 0 N–H and O–H groups in total. The maximum absolute atomic E-state index is 12.1. The second-order valence-electron chi connectivity index (χ2n) is 7.82. The molecule has 1 aromatic carbocycles. The fourth-order valence-electron chi connectivity index (χ4n) is 4.41. The number of hydrogen-bond acceptors (Lipinski definition) is 5. The number of nitrogens with zero attached hydrogens (tertiary/aromatic N) is 2. The fraction of sp³-hybridized carbons (Fsp3) is 0.417. The third-order valence-electron chi connectivity index (χ3n) is 6.00. The number of esters is 1. The quantitative estimate of drug-likeness (QED) is 0.541. The van der Waals surface area contributed by atoms with Crippen LogP contribution in [0.4, 0.5) is 0 Å². The first kappa shape index (κ1) is 20.3. The van der Waals surface area contributed by atoms with E-state index >= 15 is 0 Å². The Labute approximate surface area is 176 Å². The van der Waals surface area contributed by atoms with Crippen LogP contribution < -0.4 is 9.47 Å². The molecule has 0 bridgehead atoms. The van der Waals surface area contributed by atoms with Crippen LogP contribution in [0.2, 0.25) is 0 Å². The van der Waals surface area contributed by atoms with Gasteiger partial charge in [0, 0.05) is 11.8 Å². The van der Waals surface area contributed by atoms with E-state index in [2.05, 4.69) is 0 Å². The van der Waals surface area contributed by atoms with Crippen LogP contribution in [0.15, 0.2) is 36.5 Å². The lowest BCUT2D eigenvalue weighted by molar-refractivity contribution is 0.0600. The molecule has 0 unspecified atom stereocenters. The van der Waals surface area contributed by atoms with Crippen molar-refractivity contribution in [1.82, 2.24) is 9.38 Å². The van der Waals surface area contributed by atoms with Gasteiger partial charge in [-0.3, -0.25) is 0 Å². The smallest absolute Gasteiger partial charge is 0.339 e. The molecule has 0 saturated heterocycles. The van der Waals surface area contributed by atoms with Crippen LogP contribution in [0.25, 0.3) is 16.9 Å². The van der Waals surface area contributed by atoms with Crippen molar-refractivity contribution < 1.29 is 19.0 Å². The number of hydrogen-bond donors (Lipinski definition) is 0. The van der Waals surface area contributed by atoms with Gasteiger partial charge in [-0.2, -0.15) is 0 Å². The average molecular weight is 408 g/mol. The highest BCUT2D eigenvalue weighted by Gasteiger charge is 2.22. The minimum atomic E-state index is -0.345. The standard InChI is InChI=1S/C24H28N2O4/c1-28-20-11-9-17(14-21(20)29-2)23-19(13-16-7-5-4-6-8-16)26-15-18(24(27)30-3)10-12-22(26)25-23/h9-12,14-16H,4-8,13H2,1-3H3. The van der Waals surface area contributed by atoms with Gasteiger partial charge in [-0.15, -0.1) is 0 Å². The zero-order valence-electron chi connectivity index (χ0n) is 17.8. The van der Waals surface area contributed by atoms with Crippen molar-refractivity contribution in [3.63, 3.8) is 0 Å². The SMILES string of the molecule is COC(=O)c1ccc2nc(-c3ccc(OC)c(OC)c3)c(CC3CCCCC3)n2c1. The fourth-order valence-corrected chi connectivity index (χ4v) is 4.41. The molecule has 1 aliphatic rings. The lowest BCUT2D eigenvalue weighted by Gasteiger charge is -2.22. The molecular weight excluding hydrogens is 380 g/mol. The lowest BCUT2D eigenvalue weighted by atomic mass is 9.85. The van der Waals surface area contributed by atoms with Gasteiger partial charge in [0.25, 0.3) is 0 Å². The Bertz CT molecular complexity index is 1050. The van der Waals surface area contributed by atoms with E-state index in [4.69, 9.17) is 19.2 Å². The van der Waals surface area contributed by atoms with E-state index in [1.54, 1.807) is 20.3 Å². The average Bonchev–Trinajstić information content (AvgIpc) is 3.16. The maximum atomic E-state index is 12.1. The number of rotatable bonds is 6. The van der Waals surface area contributed by atoms with Crippen molar-refractivity contribution in [2.45, 2.75) is 38.5 Å². The first-order valence-corrected chi connectivity index (χ1v) is 10.5. The summed E-state index contributed by atoms with van der Waals surface area (Å²) in [6.07, 6.45) is 9.11. The van der Waals surface area contributed by atoms with Gasteiger partial charge in [-0.1, -0.05) is 32.1 Å². The van der Waals surface area contributed by atoms with Crippen molar-refractivity contribution in [3.8, 4) is 22.8 Å². The lowest BCUT2D eigenvalue weighted by Crippen LogP contribution is -2.12. The molecule has 30 heavy (non-hydrogen) atoms. The highest BCUT2D eigenvalue weighted by molar-refractivity contribution is 5.89. The molecule has 1 fully saturated rings. The molecule has 158 valence electrons. The molecule has 0 aliphatic heterocycles. The van der Waals surface area contributed by atoms with Gasteiger partial charge in [0.1, 0.15) is 5.65 Å². The van der Waals surface area contributed by atoms with Crippen molar-refractivity contribution in [3.05, 3.63) is 47.8 Å². The molecule has 0 amide bonds. The van der Waals surface area contributed by atoms with E-state index in [1.807, 2.05) is 34.9 Å². The monoisotopic (exact) mass is 408 g/mol. The molecule has 6 nitrogen and oxygen atoms in total. The maximum Gasteiger partial charge on any atom is 0.339 e. The van der Waals surface area contributed by atoms with Gasteiger partial charge in [0.2, 0.25) is 0 Å². The number of carbonyl (C=O) groups is 1. The first-order valence-electron chi connectivity index (χ1n) is 10.5. The Morgan fingerprint density at radius 3 is 2.50 bits per heavy atom. The summed E-state index contributed by atoms with van der Waals surface area (Å²) in [6, 6.07) is 9.52. The normalized spacial score (nSPS) is 14.6. The summed E-state index contributed by atoms with van der Waals surface area (Å²) in [4.78, 5) is 17.0. The molecule has 1 aliphatic carbocycles. The van der Waals surface area contributed by atoms with Crippen LogP contribution in [0.3, 0.4) is 0 Å². The molecule has 4 rings (SSSR count). The van der Waals surface area contributed by atoms with Crippen LogP contribution in [0.1, 0.15) is 48.2 Å². The number of imidazole rings is 1. The van der Waals surface area contributed by atoms with Gasteiger partial charge in [-0.25, -0.2) is 9.78 Å². The van der Waals surface area contributed by atoms with Crippen molar-refractivity contribution >= 4 is 11.6 Å². The minimum absolute atomic E-state index is 0.345. The number of benzene rings is 1. The first-order chi connectivity index (χ1) is 14.6. The highest BCUT2D eigenvalue weighted by Crippen LogP contribution is 2.36. The summed E-state index contributed by atoms with van der Waals surface area (Å²) in [5.74, 6) is 1.64. The van der Waals surface area contributed by atoms with E-state index in [9.17, 15) is 4.79 Å². The van der Waals surface area contributed by atoms with Crippen molar-refractivity contribution in [1.29, 1.82) is 0 Å². The van der Waals surface area contributed by atoms with Gasteiger partial charge >= 0.3 is 5.97 Å². The summed E-state index contributed by atoms with van der Waals surface area (Å²) in [5, 5.41) is 0. The van der Waals surface area contributed by atoms with E-state index < -0.39 is 0 Å². The van der Waals surface area contributed by atoms with Gasteiger partial charge in [-0.05, 0) is 42.7 Å². The Balaban J connectivity index is 1.85. The number of aromatic nitrogens is 2. The van der Waals surface area contributed by atoms with Crippen LogP contribution in [0, 0.1) is 5.92 Å². The molecule has 3 aromatic rings. The highest BCUT2D eigenvalue weighted by atomic mass is 16.5. The van der Waals surface area contributed by atoms with Crippen LogP contribution >= 0.6 is 0 Å². The molecular formula is C24H28N2O4. The summed E-state index contributed by atoms with van der Waals surface area (Å²) in [5.41, 5.74) is 4.35. The molecule has 1 saturated carbocycles. The minimum Gasteiger partial charge on any atom is -0.493 e. The van der Waals surface area contributed by atoms with Gasteiger partial charge in [0.15, 0.2) is 11.5 Å². The second-order valence-corrected chi connectivity index (χ2v) is 7.82. The summed E-state index contributed by atoms with van der Waals surface area (Å²) in [7, 11) is 4.67. The zero-order chi connectivity index (χ0) is 21.1. The topological polar surface area (TPSA) is 62.1 Å². The molecule has 2 heterocycles. The van der Waals surface area contributed by atoms with Crippen LogP contribution in [0.5, 0.6) is 11.5 Å². The van der Waals surface area contributed by atoms with E-state index in [-0.39, 0.29) is 5.97 Å². The molecule has 0 spiro atoms. The summed E-state index contributed by atoms with van der Waals surface area (Å²) in [6.45, 7) is 0. The zero-order valence-corrected chi connectivity index (χ0v) is 17.8. The van der Waals surface area contributed by atoms with Crippen LogP contribution in [-0.2, 0) is 11.2 Å². The predicted octanol–water partition coefficient (Wildman–Crippen LogP) is 4.93. The Morgan fingerprint density at radius 2 is 1.80 bits per heavy atom. The van der Waals surface area contributed by atoms with Crippen molar-refractivity contribution in [2.75, 3.05) is 21.3 Å². The second kappa shape index (κ2) is 8.78. The summed E-state index contributed by atoms with van der Waals surface area (Å²) >= 11 is 0. The number of fused-ring (bicyclic) bond motifs is 1. The Hall–Kier alpha value is -3.02. The third-order valence-corrected chi connectivity index (χ3v) is 6.00. The number of pyridine rings is 1. The Kier molecular flexibility index (Phi) is 5.93. The molecule has 2 aromatic heterocycles. The van der Waals surface area contributed by atoms with E-state index in [1.165, 1.54) is 39.2 Å². The van der Waals surface area contributed by atoms with E-state index in [0.717, 1.165) is 29.0 Å². The third kappa shape index (κ3) is 3.86. The molecule has 6 heteroatoms. The number of ether oxygens (including phenoxy) is 3. The van der Waals surface area contributed by atoms with Gasteiger partial charge in [0.05, 0.1) is 38.3 Å². The molecule has 0 atom stereocenters. The van der Waals surface area contributed by atoms with Gasteiger partial charge < -0.3 is 18.6 Å². The Morgan fingerprint density at radius 1 is 1.03 bits per heavy atom. The predicted molar refractivity (Wildman–Crippen MR) is 115 cm³/mol. The largest absolute Gasteiger partial charge is 0.493 e. The number of carbonyl (C=O) groups excluding carboxylic acids is 1. The van der Waals surface area contributed by atoms with Crippen LogP contribution in [-0.4, -0.2) is 36.7 Å². The van der Waals surface area contributed by atoms with E-state index in [0.29, 0.717) is 23.0 Å². The number of methoxy groups -OCH3 is 3.